The van der Waals surface area contributed by atoms with Gasteiger partial charge in [0.2, 0.25) is 5.91 Å². The van der Waals surface area contributed by atoms with Crippen LogP contribution in [0.1, 0.15) is 26.7 Å². The molecule has 2 unspecified atom stereocenters. The number of carbonyl (C=O) groups is 1. The van der Waals surface area contributed by atoms with Gasteiger partial charge in [-0.15, -0.1) is 0 Å². The van der Waals surface area contributed by atoms with E-state index in [4.69, 9.17) is 11.1 Å². The van der Waals surface area contributed by atoms with Crippen molar-refractivity contribution in [3.8, 4) is 0 Å². The summed E-state index contributed by atoms with van der Waals surface area (Å²) in [6.07, 6.45) is 1.88. The number of rotatable bonds is 1. The zero-order valence-corrected chi connectivity index (χ0v) is 8.21. The Kier molecular flexibility index (Phi) is 2.90. The summed E-state index contributed by atoms with van der Waals surface area (Å²) in [7, 11) is 0. The molecule has 13 heavy (non-hydrogen) atoms. The Morgan fingerprint density at radius 1 is 1.54 bits per heavy atom. The second-order valence-corrected chi connectivity index (χ2v) is 3.75. The van der Waals surface area contributed by atoms with Crippen LogP contribution in [0, 0.1) is 11.3 Å². The molecule has 3 N–H and O–H groups in total. The summed E-state index contributed by atoms with van der Waals surface area (Å²) in [5.74, 6) is 0.358. The summed E-state index contributed by atoms with van der Waals surface area (Å²) in [5, 5.41) is 7.33. The Labute approximate surface area is 78.6 Å². The predicted octanol–water partition coefficient (Wildman–Crippen LogP) is 0.569. The fraction of sp³-hybridized carbons (Fsp3) is 0.778. The minimum absolute atomic E-state index is 0.0695. The lowest BCUT2D eigenvalue weighted by Crippen LogP contribution is -2.47. The number of amidine groups is 1. The van der Waals surface area contributed by atoms with E-state index in [1.807, 2.05) is 6.92 Å². The van der Waals surface area contributed by atoms with Crippen molar-refractivity contribution in [3.63, 3.8) is 0 Å². The van der Waals surface area contributed by atoms with Crippen molar-refractivity contribution in [1.29, 1.82) is 5.41 Å². The molecule has 1 heterocycles. The summed E-state index contributed by atoms with van der Waals surface area (Å²) in [5.41, 5.74) is 5.42. The van der Waals surface area contributed by atoms with Crippen LogP contribution in [0.3, 0.4) is 0 Å². The van der Waals surface area contributed by atoms with Crippen LogP contribution in [0.2, 0.25) is 0 Å². The van der Waals surface area contributed by atoms with E-state index < -0.39 is 0 Å². The number of nitrogens with one attached hydrogen (secondary N) is 1. The molecule has 0 aliphatic carbocycles. The van der Waals surface area contributed by atoms with Crippen molar-refractivity contribution in [1.82, 2.24) is 4.90 Å². The van der Waals surface area contributed by atoms with Crippen molar-refractivity contribution < 1.29 is 4.79 Å². The van der Waals surface area contributed by atoms with E-state index in [0.29, 0.717) is 12.6 Å². The van der Waals surface area contributed by atoms with Crippen molar-refractivity contribution in [3.05, 3.63) is 0 Å². The van der Waals surface area contributed by atoms with E-state index in [0.717, 1.165) is 12.8 Å². The van der Waals surface area contributed by atoms with Gasteiger partial charge in [-0.25, -0.2) is 0 Å². The van der Waals surface area contributed by atoms with Gasteiger partial charge in [0.05, 0.1) is 5.84 Å². The topological polar surface area (TPSA) is 70.2 Å². The average molecular weight is 183 g/mol. The third kappa shape index (κ3) is 2.20. The van der Waals surface area contributed by atoms with Crippen LogP contribution >= 0.6 is 0 Å². The molecule has 1 rings (SSSR count). The number of amides is 1. The fourth-order valence-electron chi connectivity index (χ4n) is 1.80. The number of hydrogen-bond acceptors (Lipinski definition) is 2. The Morgan fingerprint density at radius 2 is 2.15 bits per heavy atom. The smallest absolute Gasteiger partial charge is 0.219 e. The van der Waals surface area contributed by atoms with Crippen LogP contribution in [-0.4, -0.2) is 29.2 Å². The highest BCUT2D eigenvalue weighted by Gasteiger charge is 2.28. The van der Waals surface area contributed by atoms with Crippen LogP contribution in [-0.2, 0) is 4.79 Å². The van der Waals surface area contributed by atoms with Gasteiger partial charge >= 0.3 is 0 Å². The van der Waals surface area contributed by atoms with E-state index >= 15 is 0 Å². The maximum atomic E-state index is 11.2. The second kappa shape index (κ2) is 3.77. The molecule has 0 radical (unpaired) electrons. The molecule has 1 aliphatic heterocycles. The SMILES string of the molecule is CC(=O)N1CC(C(=N)N)CCC1C. The van der Waals surface area contributed by atoms with Crippen molar-refractivity contribution in [2.24, 2.45) is 11.7 Å². The highest BCUT2D eigenvalue weighted by Crippen LogP contribution is 2.21. The Bertz CT molecular complexity index is 227. The normalized spacial score (nSPS) is 28.6. The summed E-state index contributed by atoms with van der Waals surface area (Å²) in [6.45, 7) is 4.22. The van der Waals surface area contributed by atoms with Gasteiger partial charge in [0.15, 0.2) is 0 Å². The first-order valence-corrected chi connectivity index (χ1v) is 4.63. The van der Waals surface area contributed by atoms with Crippen LogP contribution in [0.15, 0.2) is 0 Å². The van der Waals surface area contributed by atoms with E-state index in [1.165, 1.54) is 0 Å². The molecule has 4 heteroatoms. The minimum Gasteiger partial charge on any atom is -0.387 e. The maximum absolute atomic E-state index is 11.2. The van der Waals surface area contributed by atoms with Crippen LogP contribution in [0.5, 0.6) is 0 Å². The number of carbonyl (C=O) groups excluding carboxylic acids is 1. The largest absolute Gasteiger partial charge is 0.387 e. The van der Waals surface area contributed by atoms with Crippen molar-refractivity contribution >= 4 is 11.7 Å². The maximum Gasteiger partial charge on any atom is 0.219 e. The number of nitrogens with two attached hydrogens (primary N) is 1. The summed E-state index contributed by atoms with van der Waals surface area (Å²) in [4.78, 5) is 13.0. The van der Waals surface area contributed by atoms with Crippen LogP contribution < -0.4 is 5.73 Å². The molecule has 1 aliphatic rings. The third-order valence-corrected chi connectivity index (χ3v) is 2.73. The second-order valence-electron chi connectivity index (χ2n) is 3.75. The first-order chi connectivity index (χ1) is 6.02. The van der Waals surface area contributed by atoms with Gasteiger partial charge in [0.25, 0.3) is 0 Å². The third-order valence-electron chi connectivity index (χ3n) is 2.73. The fourth-order valence-corrected chi connectivity index (χ4v) is 1.80. The molecule has 0 spiro atoms. The molecule has 1 amide bonds. The van der Waals surface area contributed by atoms with Gasteiger partial charge in [-0.1, -0.05) is 0 Å². The number of piperidine rings is 1. The van der Waals surface area contributed by atoms with Crippen LogP contribution in [0.4, 0.5) is 0 Å². The van der Waals surface area contributed by atoms with E-state index in [1.54, 1.807) is 11.8 Å². The van der Waals surface area contributed by atoms with Gasteiger partial charge in [-0.3, -0.25) is 10.2 Å². The number of nitrogens with zero attached hydrogens (tertiary/aromatic N) is 1. The molecule has 4 nitrogen and oxygen atoms in total. The molecular formula is C9H17N3O. The molecule has 0 bridgehead atoms. The Balaban J connectivity index is 2.63. The van der Waals surface area contributed by atoms with Crippen molar-refractivity contribution in [2.45, 2.75) is 32.7 Å². The molecule has 74 valence electrons. The standard InChI is InChI=1S/C9H17N3O/c1-6-3-4-8(9(10)11)5-12(6)7(2)13/h6,8H,3-5H2,1-2H3,(H3,10,11). The molecule has 0 aromatic rings. The highest BCUT2D eigenvalue weighted by molar-refractivity contribution is 5.81. The molecular weight excluding hydrogens is 166 g/mol. The number of hydrogen-bond donors (Lipinski definition) is 2. The predicted molar refractivity (Wildman–Crippen MR) is 51.5 cm³/mol. The Morgan fingerprint density at radius 3 is 2.62 bits per heavy atom. The van der Waals surface area contributed by atoms with Gasteiger partial charge in [0.1, 0.15) is 0 Å². The van der Waals surface area contributed by atoms with Gasteiger partial charge < -0.3 is 10.6 Å². The van der Waals surface area contributed by atoms with Crippen molar-refractivity contribution in [2.75, 3.05) is 6.54 Å². The lowest BCUT2D eigenvalue weighted by Gasteiger charge is -2.36. The summed E-state index contributed by atoms with van der Waals surface area (Å²) in [6, 6.07) is 0.299. The number of likely N-dealkylation sites (tertiary alicyclic amines) is 1. The lowest BCUT2D eigenvalue weighted by molar-refractivity contribution is -0.132. The molecule has 0 aromatic carbocycles. The minimum atomic E-state index is 0.0695. The molecule has 1 fully saturated rings. The average Bonchev–Trinajstić information content (AvgIpc) is 2.04. The summed E-state index contributed by atoms with van der Waals surface area (Å²) < 4.78 is 0. The first-order valence-electron chi connectivity index (χ1n) is 4.63. The monoisotopic (exact) mass is 183 g/mol. The van der Waals surface area contributed by atoms with Crippen LogP contribution in [0.25, 0.3) is 0 Å². The quantitative estimate of drug-likeness (QED) is 0.461. The zero-order chi connectivity index (χ0) is 10.0. The summed E-state index contributed by atoms with van der Waals surface area (Å²) >= 11 is 0. The highest BCUT2D eigenvalue weighted by atomic mass is 16.2. The van der Waals surface area contributed by atoms with E-state index in [9.17, 15) is 4.79 Å². The lowest BCUT2D eigenvalue weighted by atomic mass is 9.92. The molecule has 0 saturated carbocycles. The van der Waals surface area contributed by atoms with E-state index in [-0.39, 0.29) is 17.7 Å². The van der Waals surface area contributed by atoms with Gasteiger partial charge in [-0.2, -0.15) is 0 Å². The van der Waals surface area contributed by atoms with Gasteiger partial charge in [-0.05, 0) is 19.8 Å². The van der Waals surface area contributed by atoms with Gasteiger partial charge in [0, 0.05) is 25.4 Å². The molecule has 0 aromatic heterocycles. The Hall–Kier alpha value is -1.06. The molecule has 1 saturated heterocycles. The first kappa shape index (κ1) is 10.0. The zero-order valence-electron chi connectivity index (χ0n) is 8.21. The van der Waals surface area contributed by atoms with E-state index in [2.05, 4.69) is 0 Å². The molecule has 2 atom stereocenters.